The molecular formula is C24H40IN5O2. The molecule has 2 saturated heterocycles. The molecule has 4 unspecified atom stereocenters. The first-order chi connectivity index (χ1) is 15.2. The fourth-order valence-corrected chi connectivity index (χ4v) is 5.81. The van der Waals surface area contributed by atoms with Gasteiger partial charge in [-0.15, -0.1) is 24.0 Å². The van der Waals surface area contributed by atoms with Crippen molar-refractivity contribution in [2.75, 3.05) is 45.8 Å². The van der Waals surface area contributed by atoms with Crippen molar-refractivity contribution in [2.24, 2.45) is 28.7 Å². The lowest BCUT2D eigenvalue weighted by Gasteiger charge is -2.26. The van der Waals surface area contributed by atoms with E-state index in [1.165, 1.54) is 56.6 Å². The van der Waals surface area contributed by atoms with Gasteiger partial charge in [0.15, 0.2) is 5.96 Å². The van der Waals surface area contributed by atoms with Gasteiger partial charge in [0.1, 0.15) is 0 Å². The van der Waals surface area contributed by atoms with E-state index in [1.54, 1.807) is 0 Å². The summed E-state index contributed by atoms with van der Waals surface area (Å²) in [5, 5.41) is 6.57. The molecular weight excluding hydrogens is 517 g/mol. The normalized spacial score (nSPS) is 29.4. The zero-order chi connectivity index (χ0) is 21.6. The first kappa shape index (κ1) is 25.5. The number of carbonyl (C=O) groups excluding carboxylic acids is 2. The lowest BCUT2D eigenvalue weighted by molar-refractivity contribution is -0.140. The highest BCUT2D eigenvalue weighted by Gasteiger charge is 2.58. The summed E-state index contributed by atoms with van der Waals surface area (Å²) in [7, 11) is 0. The van der Waals surface area contributed by atoms with E-state index in [2.05, 4.69) is 32.7 Å². The molecule has 0 aromatic carbocycles. The number of imide groups is 1. The van der Waals surface area contributed by atoms with Crippen molar-refractivity contribution < 1.29 is 9.59 Å². The number of carbonyl (C=O) groups is 2. The lowest BCUT2D eigenvalue weighted by Crippen LogP contribution is -2.43. The Bertz CT molecular complexity index is 677. The Morgan fingerprint density at radius 3 is 2.31 bits per heavy atom. The summed E-state index contributed by atoms with van der Waals surface area (Å²) in [6.07, 6.45) is 12.9. The van der Waals surface area contributed by atoms with Gasteiger partial charge in [-0.3, -0.25) is 19.5 Å². The molecule has 1 saturated carbocycles. The topological polar surface area (TPSA) is 77.0 Å². The van der Waals surface area contributed by atoms with Crippen LogP contribution in [0.5, 0.6) is 0 Å². The van der Waals surface area contributed by atoms with E-state index in [-0.39, 0.29) is 59.5 Å². The number of nitrogens with zero attached hydrogens (tertiary/aromatic N) is 3. The van der Waals surface area contributed by atoms with Crippen molar-refractivity contribution in [3.8, 4) is 0 Å². The maximum absolute atomic E-state index is 12.8. The van der Waals surface area contributed by atoms with Crippen molar-refractivity contribution in [3.05, 3.63) is 12.2 Å². The minimum atomic E-state index is -0.102. The molecule has 32 heavy (non-hydrogen) atoms. The van der Waals surface area contributed by atoms with Crippen LogP contribution < -0.4 is 10.6 Å². The van der Waals surface area contributed by atoms with Gasteiger partial charge >= 0.3 is 0 Å². The fraction of sp³-hybridized carbons (Fsp3) is 0.792. The molecule has 2 amide bonds. The molecule has 7 nitrogen and oxygen atoms in total. The Labute approximate surface area is 209 Å². The number of amides is 2. The van der Waals surface area contributed by atoms with E-state index in [0.29, 0.717) is 13.1 Å². The highest BCUT2D eigenvalue weighted by atomic mass is 127. The predicted octanol–water partition coefficient (Wildman–Crippen LogP) is 2.62. The minimum absolute atomic E-state index is 0. The maximum atomic E-state index is 12.8. The molecule has 0 aromatic rings. The molecule has 4 rings (SSSR count). The highest BCUT2D eigenvalue weighted by molar-refractivity contribution is 14.0. The summed E-state index contributed by atoms with van der Waals surface area (Å²) >= 11 is 0. The second-order valence-electron chi connectivity index (χ2n) is 9.48. The molecule has 2 aliphatic heterocycles. The number of hydrogen-bond acceptors (Lipinski definition) is 4. The molecule has 2 bridgehead atoms. The van der Waals surface area contributed by atoms with Crippen molar-refractivity contribution in [3.63, 3.8) is 0 Å². The Hall–Kier alpha value is -1.16. The van der Waals surface area contributed by atoms with Gasteiger partial charge in [0, 0.05) is 26.2 Å². The zero-order valence-corrected chi connectivity index (χ0v) is 21.8. The van der Waals surface area contributed by atoms with E-state index in [4.69, 9.17) is 0 Å². The summed E-state index contributed by atoms with van der Waals surface area (Å²) < 4.78 is 0. The Balaban J connectivity index is 0.00000289. The molecule has 4 aliphatic rings. The number of fused-ring (bicyclic) bond motifs is 5. The molecule has 8 heteroatoms. The standard InChI is InChI=1S/C24H39N5O2.HI/c1-2-25-24(26-11-5-3-6-13-28-14-7-4-8-15-28)27-12-16-29-22(30)20-18-9-10-19(17-18)21(20)23(29)31;/h9-10,18-21H,2-8,11-17H2,1H3,(H2,25,26,27);1H. The number of allylic oxidation sites excluding steroid dienone is 2. The first-order valence-corrected chi connectivity index (χ1v) is 12.5. The second-order valence-corrected chi connectivity index (χ2v) is 9.48. The van der Waals surface area contributed by atoms with E-state index in [1.807, 2.05) is 6.92 Å². The molecule has 0 radical (unpaired) electrons. The SMILES string of the molecule is CCNC(=NCCCCCN1CCCCC1)NCCN1C(=O)C2C3C=CC(C3)C2C1=O.I. The summed E-state index contributed by atoms with van der Waals surface area (Å²) in [6.45, 7) is 8.37. The first-order valence-electron chi connectivity index (χ1n) is 12.5. The molecule has 3 fully saturated rings. The van der Waals surface area contributed by atoms with E-state index in [0.717, 1.165) is 31.9 Å². The number of hydrogen-bond donors (Lipinski definition) is 2. The molecule has 0 spiro atoms. The number of guanidine groups is 1. The number of likely N-dealkylation sites (tertiary alicyclic amines) is 2. The van der Waals surface area contributed by atoms with Gasteiger partial charge in [-0.25, -0.2) is 0 Å². The van der Waals surface area contributed by atoms with Crippen LogP contribution in [0.2, 0.25) is 0 Å². The van der Waals surface area contributed by atoms with Gasteiger partial charge in [-0.2, -0.15) is 0 Å². The molecule has 0 aromatic heterocycles. The van der Waals surface area contributed by atoms with Gasteiger partial charge in [-0.05, 0) is 70.5 Å². The van der Waals surface area contributed by atoms with Gasteiger partial charge in [0.2, 0.25) is 11.8 Å². The average Bonchev–Trinajstić information content (AvgIpc) is 3.46. The van der Waals surface area contributed by atoms with Crippen molar-refractivity contribution in [2.45, 2.75) is 51.9 Å². The fourth-order valence-electron chi connectivity index (χ4n) is 5.81. The molecule has 2 aliphatic carbocycles. The quantitative estimate of drug-likeness (QED) is 0.108. The van der Waals surface area contributed by atoms with E-state index < -0.39 is 0 Å². The third-order valence-corrected chi connectivity index (χ3v) is 7.38. The number of piperidine rings is 1. The van der Waals surface area contributed by atoms with Crippen LogP contribution in [0.4, 0.5) is 0 Å². The molecule has 2 N–H and O–H groups in total. The summed E-state index contributed by atoms with van der Waals surface area (Å²) in [6, 6.07) is 0. The van der Waals surface area contributed by atoms with Gasteiger partial charge in [-0.1, -0.05) is 25.0 Å². The largest absolute Gasteiger partial charge is 0.357 e. The van der Waals surface area contributed by atoms with Crippen molar-refractivity contribution in [1.29, 1.82) is 0 Å². The summed E-state index contributed by atoms with van der Waals surface area (Å²) in [4.78, 5) is 34.3. The molecule has 4 atom stereocenters. The van der Waals surface area contributed by atoms with Crippen LogP contribution in [0.15, 0.2) is 17.1 Å². The molecule has 2 heterocycles. The second kappa shape index (κ2) is 12.3. The van der Waals surface area contributed by atoms with Crippen molar-refractivity contribution in [1.82, 2.24) is 20.4 Å². The monoisotopic (exact) mass is 557 g/mol. The minimum Gasteiger partial charge on any atom is -0.357 e. The Morgan fingerprint density at radius 2 is 1.66 bits per heavy atom. The van der Waals surface area contributed by atoms with Gasteiger partial charge in [0.05, 0.1) is 11.8 Å². The zero-order valence-electron chi connectivity index (χ0n) is 19.4. The van der Waals surface area contributed by atoms with Crippen LogP contribution in [0, 0.1) is 23.7 Å². The van der Waals surface area contributed by atoms with Crippen LogP contribution >= 0.6 is 24.0 Å². The van der Waals surface area contributed by atoms with Crippen LogP contribution in [0.1, 0.15) is 51.9 Å². The number of unbranched alkanes of at least 4 members (excludes halogenated alkanes) is 2. The van der Waals surface area contributed by atoms with Crippen molar-refractivity contribution >= 4 is 41.8 Å². The third-order valence-electron chi connectivity index (χ3n) is 7.38. The van der Waals surface area contributed by atoms with Gasteiger partial charge in [0.25, 0.3) is 0 Å². The van der Waals surface area contributed by atoms with E-state index >= 15 is 0 Å². The number of rotatable bonds is 10. The highest BCUT2D eigenvalue weighted by Crippen LogP contribution is 2.52. The van der Waals surface area contributed by atoms with Crippen LogP contribution in [0.25, 0.3) is 0 Å². The predicted molar refractivity (Wildman–Crippen MR) is 138 cm³/mol. The van der Waals surface area contributed by atoms with Crippen LogP contribution in [0.3, 0.4) is 0 Å². The van der Waals surface area contributed by atoms with Crippen LogP contribution in [-0.4, -0.2) is 73.4 Å². The summed E-state index contributed by atoms with van der Waals surface area (Å²) in [5.74, 6) is 1.19. The average molecular weight is 558 g/mol. The lowest BCUT2D eigenvalue weighted by atomic mass is 9.85. The Morgan fingerprint density at radius 1 is 0.969 bits per heavy atom. The Kier molecular flexibility index (Phi) is 9.82. The van der Waals surface area contributed by atoms with E-state index in [9.17, 15) is 9.59 Å². The molecule has 180 valence electrons. The number of nitrogens with one attached hydrogen (secondary N) is 2. The number of halogens is 1. The number of aliphatic imine (C=N–C) groups is 1. The van der Waals surface area contributed by atoms with Crippen LogP contribution in [-0.2, 0) is 9.59 Å². The third kappa shape index (κ3) is 5.85. The maximum Gasteiger partial charge on any atom is 0.233 e. The smallest absolute Gasteiger partial charge is 0.233 e. The summed E-state index contributed by atoms with van der Waals surface area (Å²) in [5.41, 5.74) is 0. The van der Waals surface area contributed by atoms with Gasteiger partial charge < -0.3 is 15.5 Å².